The van der Waals surface area contributed by atoms with E-state index in [9.17, 15) is 9.18 Å². The van der Waals surface area contributed by atoms with Gasteiger partial charge in [-0.25, -0.2) is 9.07 Å². The van der Waals surface area contributed by atoms with Crippen molar-refractivity contribution in [3.05, 3.63) is 71.3 Å². The lowest BCUT2D eigenvalue weighted by atomic mass is 9.98. The normalized spacial score (nSPS) is 15.3. The van der Waals surface area contributed by atoms with Gasteiger partial charge in [0.2, 0.25) is 5.91 Å². The Morgan fingerprint density at radius 3 is 2.69 bits per heavy atom. The van der Waals surface area contributed by atoms with Gasteiger partial charge >= 0.3 is 0 Å². The van der Waals surface area contributed by atoms with Crippen molar-refractivity contribution in [3.8, 4) is 5.75 Å². The van der Waals surface area contributed by atoms with Crippen LogP contribution in [0, 0.1) is 12.7 Å². The smallest absolute Gasteiger partial charge is 0.245 e. The van der Waals surface area contributed by atoms with Crippen LogP contribution in [-0.4, -0.2) is 32.2 Å². The highest BCUT2D eigenvalue weighted by Gasteiger charge is 2.24. The van der Waals surface area contributed by atoms with Crippen LogP contribution in [0.2, 0.25) is 0 Å². The van der Waals surface area contributed by atoms with Gasteiger partial charge in [0.05, 0.1) is 6.10 Å². The highest BCUT2D eigenvalue weighted by atomic mass is 19.1. The lowest BCUT2D eigenvalue weighted by molar-refractivity contribution is -0.124. The second kappa shape index (κ2) is 10.3. The number of halogens is 1. The molecule has 2 aromatic carbocycles. The van der Waals surface area contributed by atoms with Crippen molar-refractivity contribution < 1.29 is 13.9 Å². The minimum atomic E-state index is -0.687. The number of aromatic nitrogens is 4. The predicted molar refractivity (Wildman–Crippen MR) is 117 cm³/mol. The van der Waals surface area contributed by atoms with Gasteiger partial charge in [-0.1, -0.05) is 30.7 Å². The molecule has 1 heterocycles. The average Bonchev–Trinajstić information content (AvgIpc) is 3.22. The minimum absolute atomic E-state index is 0.233. The standard InChI is InChI=1S/C24H28FN5O2/c1-17-27-28-29-30(17)23(15-18-7-5-9-20(25)13-18)24(31)26-16-19-8-6-12-22(14-19)32-21-10-3-2-4-11-21/h5-9,12-14,21,23H,2-4,10-11,15-16H2,1H3,(H,26,31). The molecule has 0 saturated heterocycles. The van der Waals surface area contributed by atoms with Crippen molar-refractivity contribution in [3.63, 3.8) is 0 Å². The Balaban J connectivity index is 1.43. The Kier molecular flexibility index (Phi) is 7.09. The van der Waals surface area contributed by atoms with Crippen molar-refractivity contribution in [2.24, 2.45) is 0 Å². The fourth-order valence-corrected chi connectivity index (χ4v) is 4.11. The van der Waals surface area contributed by atoms with E-state index in [1.165, 1.54) is 36.1 Å². The molecular weight excluding hydrogens is 409 g/mol. The third-order valence-electron chi connectivity index (χ3n) is 5.79. The van der Waals surface area contributed by atoms with Gasteiger partial charge in [0.25, 0.3) is 0 Å². The first-order valence-electron chi connectivity index (χ1n) is 11.1. The van der Waals surface area contributed by atoms with Gasteiger partial charge in [-0.3, -0.25) is 4.79 Å². The van der Waals surface area contributed by atoms with E-state index >= 15 is 0 Å². The van der Waals surface area contributed by atoms with Crippen LogP contribution >= 0.6 is 0 Å². The first-order chi connectivity index (χ1) is 15.6. The number of nitrogens with one attached hydrogen (secondary N) is 1. The fourth-order valence-electron chi connectivity index (χ4n) is 4.11. The first kappa shape index (κ1) is 21.9. The number of hydrogen-bond donors (Lipinski definition) is 1. The number of carbonyl (C=O) groups excluding carboxylic acids is 1. The van der Waals surface area contributed by atoms with E-state index < -0.39 is 6.04 Å². The molecular formula is C24H28FN5O2. The summed E-state index contributed by atoms with van der Waals surface area (Å²) in [7, 11) is 0. The van der Waals surface area contributed by atoms with E-state index in [0.717, 1.165) is 24.2 Å². The summed E-state index contributed by atoms with van der Waals surface area (Å²) < 4.78 is 21.3. The molecule has 1 aromatic heterocycles. The maximum absolute atomic E-state index is 13.7. The van der Waals surface area contributed by atoms with E-state index in [2.05, 4.69) is 20.8 Å². The molecule has 1 amide bonds. The SMILES string of the molecule is Cc1nnnn1C(Cc1cccc(F)c1)C(=O)NCc1cccc(OC2CCCCC2)c1. The van der Waals surface area contributed by atoms with Crippen LogP contribution in [0.15, 0.2) is 48.5 Å². The zero-order valence-corrected chi connectivity index (χ0v) is 18.2. The van der Waals surface area contributed by atoms with Crippen LogP contribution in [-0.2, 0) is 17.8 Å². The highest BCUT2D eigenvalue weighted by Crippen LogP contribution is 2.24. The highest BCUT2D eigenvalue weighted by molar-refractivity contribution is 5.80. The molecule has 3 aromatic rings. The monoisotopic (exact) mass is 437 g/mol. The largest absolute Gasteiger partial charge is 0.490 e. The number of hydrogen-bond acceptors (Lipinski definition) is 5. The summed E-state index contributed by atoms with van der Waals surface area (Å²) in [5, 5.41) is 14.5. The van der Waals surface area contributed by atoms with Gasteiger partial charge in [-0.05, 0) is 78.4 Å². The molecule has 168 valence electrons. The molecule has 1 N–H and O–H groups in total. The molecule has 32 heavy (non-hydrogen) atoms. The summed E-state index contributed by atoms with van der Waals surface area (Å²) in [6.07, 6.45) is 6.44. The maximum atomic E-state index is 13.7. The average molecular weight is 438 g/mol. The third kappa shape index (κ3) is 5.69. The van der Waals surface area contributed by atoms with Crippen molar-refractivity contribution >= 4 is 5.91 Å². The van der Waals surface area contributed by atoms with Crippen molar-refractivity contribution in [2.45, 2.75) is 64.1 Å². The maximum Gasteiger partial charge on any atom is 0.245 e. The minimum Gasteiger partial charge on any atom is -0.490 e. The number of ether oxygens (including phenoxy) is 1. The topological polar surface area (TPSA) is 81.9 Å². The Morgan fingerprint density at radius 2 is 1.94 bits per heavy atom. The van der Waals surface area contributed by atoms with Gasteiger partial charge in [0, 0.05) is 13.0 Å². The quantitative estimate of drug-likeness (QED) is 0.577. The van der Waals surface area contributed by atoms with Gasteiger partial charge in [0.1, 0.15) is 23.4 Å². The molecule has 4 rings (SSSR count). The van der Waals surface area contributed by atoms with Gasteiger partial charge in [-0.2, -0.15) is 0 Å². The fraction of sp³-hybridized carbons (Fsp3) is 0.417. The van der Waals surface area contributed by atoms with E-state index in [0.29, 0.717) is 17.9 Å². The molecule has 0 spiro atoms. The molecule has 1 atom stereocenters. The van der Waals surface area contributed by atoms with Crippen molar-refractivity contribution in [2.75, 3.05) is 0 Å². The van der Waals surface area contributed by atoms with E-state index in [1.807, 2.05) is 24.3 Å². The molecule has 1 unspecified atom stereocenters. The second-order valence-electron chi connectivity index (χ2n) is 8.26. The first-order valence-corrected chi connectivity index (χ1v) is 11.1. The lowest BCUT2D eigenvalue weighted by Crippen LogP contribution is -2.34. The van der Waals surface area contributed by atoms with Crippen LogP contribution in [0.25, 0.3) is 0 Å². The third-order valence-corrected chi connectivity index (χ3v) is 5.79. The van der Waals surface area contributed by atoms with Crippen molar-refractivity contribution in [1.82, 2.24) is 25.5 Å². The molecule has 1 saturated carbocycles. The number of rotatable bonds is 8. The summed E-state index contributed by atoms with van der Waals surface area (Å²) in [4.78, 5) is 13.1. The number of benzene rings is 2. The molecule has 0 bridgehead atoms. The summed E-state index contributed by atoms with van der Waals surface area (Å²) in [6, 6.07) is 13.4. The molecule has 1 aliphatic carbocycles. The van der Waals surface area contributed by atoms with Gasteiger partial charge in [-0.15, -0.1) is 5.10 Å². The number of tetrazole rings is 1. The molecule has 0 aliphatic heterocycles. The zero-order chi connectivity index (χ0) is 22.3. The van der Waals surface area contributed by atoms with Crippen molar-refractivity contribution in [1.29, 1.82) is 0 Å². The van der Waals surface area contributed by atoms with Crippen LogP contribution in [0.1, 0.15) is 55.1 Å². The number of aryl methyl sites for hydroxylation is 1. The summed E-state index contributed by atoms with van der Waals surface area (Å²) in [6.45, 7) is 2.08. The molecule has 1 aliphatic rings. The number of carbonyl (C=O) groups is 1. The Hall–Kier alpha value is -3.29. The van der Waals surface area contributed by atoms with E-state index in [1.54, 1.807) is 19.1 Å². The van der Waals surface area contributed by atoms with Gasteiger partial charge in [0.15, 0.2) is 0 Å². The summed E-state index contributed by atoms with van der Waals surface area (Å²) in [5.41, 5.74) is 1.65. The van der Waals surface area contributed by atoms with Crippen LogP contribution < -0.4 is 10.1 Å². The summed E-state index contributed by atoms with van der Waals surface area (Å²) >= 11 is 0. The van der Waals surface area contributed by atoms with E-state index in [4.69, 9.17) is 4.74 Å². The van der Waals surface area contributed by atoms with E-state index in [-0.39, 0.29) is 24.2 Å². The zero-order valence-electron chi connectivity index (χ0n) is 18.2. The number of amides is 1. The molecule has 8 heteroatoms. The Bertz CT molecular complexity index is 1050. The van der Waals surface area contributed by atoms with Crippen LogP contribution in [0.5, 0.6) is 5.75 Å². The molecule has 7 nitrogen and oxygen atoms in total. The lowest BCUT2D eigenvalue weighted by Gasteiger charge is -2.23. The number of nitrogens with zero attached hydrogens (tertiary/aromatic N) is 4. The second-order valence-corrected chi connectivity index (χ2v) is 8.26. The Labute approximate surface area is 187 Å². The predicted octanol–water partition coefficient (Wildman–Crippen LogP) is 3.93. The van der Waals surface area contributed by atoms with Crippen LogP contribution in [0.4, 0.5) is 4.39 Å². The van der Waals surface area contributed by atoms with Gasteiger partial charge < -0.3 is 10.1 Å². The van der Waals surface area contributed by atoms with Crippen LogP contribution in [0.3, 0.4) is 0 Å². The Morgan fingerprint density at radius 1 is 1.16 bits per heavy atom. The summed E-state index contributed by atoms with van der Waals surface area (Å²) in [5.74, 6) is 0.772. The molecule has 1 fully saturated rings. The molecule has 0 radical (unpaired) electrons.